The van der Waals surface area contributed by atoms with Crippen molar-refractivity contribution < 1.29 is 42.6 Å². The van der Waals surface area contributed by atoms with Crippen molar-refractivity contribution in [1.82, 2.24) is 4.90 Å². The fourth-order valence-electron chi connectivity index (χ4n) is 3.23. The first kappa shape index (κ1) is 24.2. The van der Waals surface area contributed by atoms with Crippen molar-refractivity contribution in [2.75, 3.05) is 13.1 Å². The topological polar surface area (TPSA) is 40.5 Å². The number of hydrogen-bond acceptors (Lipinski definition) is 3. The van der Waals surface area contributed by atoms with E-state index in [4.69, 9.17) is 0 Å². The number of ketones is 1. The summed E-state index contributed by atoms with van der Waals surface area (Å²) >= 11 is 0. The molecule has 0 fully saturated rings. The predicted molar refractivity (Wildman–Crippen MR) is 106 cm³/mol. The van der Waals surface area contributed by atoms with Gasteiger partial charge in [0.2, 0.25) is 0 Å². The molecule has 3 rings (SSSR count). The van der Waals surface area contributed by atoms with Crippen LogP contribution in [-0.2, 0) is 56.9 Å². The van der Waals surface area contributed by atoms with Gasteiger partial charge in [-0.05, 0) is 30.9 Å². The fraction of sp³-hybridized carbons (Fsp3) is 0.435. The van der Waals surface area contributed by atoms with Crippen LogP contribution < -0.4 is 0 Å². The summed E-state index contributed by atoms with van der Waals surface area (Å²) in [6.07, 6.45) is 1.21. The molecule has 0 spiro atoms. The molecular formula is C23H30NO2Y-. The van der Waals surface area contributed by atoms with Crippen LogP contribution in [0.25, 0.3) is 0 Å². The van der Waals surface area contributed by atoms with Crippen molar-refractivity contribution in [2.24, 2.45) is 0 Å². The minimum Gasteiger partial charge on any atom is -0.381 e. The first-order valence-electron chi connectivity index (χ1n) is 9.46. The number of aryl methyl sites for hydroxylation is 1. The van der Waals surface area contributed by atoms with Crippen molar-refractivity contribution >= 4 is 5.78 Å². The van der Waals surface area contributed by atoms with Crippen LogP contribution in [0.2, 0.25) is 0 Å². The van der Waals surface area contributed by atoms with Crippen molar-refractivity contribution in [3.8, 4) is 0 Å². The molecule has 1 atom stereocenters. The number of hydrogen-bond donors (Lipinski definition) is 1. The number of Topliss-reactive ketones (excluding diaryl/α,β-unsaturated/α-hetero) is 1. The zero-order valence-electron chi connectivity index (χ0n) is 17.0. The summed E-state index contributed by atoms with van der Waals surface area (Å²) in [5.74, 6) is -0.140. The molecule has 27 heavy (non-hydrogen) atoms. The Balaban J connectivity index is 0.00000118. The Bertz CT molecular complexity index is 725. The van der Waals surface area contributed by atoms with Crippen LogP contribution in [-0.4, -0.2) is 34.5 Å². The van der Waals surface area contributed by atoms with Crippen LogP contribution >= 0.6 is 0 Å². The third-order valence-electron chi connectivity index (χ3n) is 4.74. The van der Waals surface area contributed by atoms with Gasteiger partial charge in [0.25, 0.3) is 0 Å². The van der Waals surface area contributed by atoms with Gasteiger partial charge in [0, 0.05) is 52.3 Å². The molecule has 2 aromatic rings. The standard InChI is InChI=1S/C21H24NO2.C2H6.Y/c1-16-7-9-17(10-8-16)13-20(23)21(2,24)15-22-12-11-18-5-3-4-6-19(18)14-22;1-2;/h3-7,9-10,24H,11-15H2,1-2H3;1-2H3;/q-1;;/t21-;;/m0../s1. The molecule has 143 valence electrons. The monoisotopic (exact) mass is 441 g/mol. The molecule has 0 saturated carbocycles. The number of fused-ring (bicyclic) bond motifs is 1. The molecule has 0 bridgehead atoms. The maximum atomic E-state index is 12.5. The molecule has 0 amide bonds. The summed E-state index contributed by atoms with van der Waals surface area (Å²) in [6, 6.07) is 17.2. The second-order valence-corrected chi connectivity index (χ2v) is 6.98. The number of benzene rings is 2. The molecule has 4 heteroatoms. The summed E-state index contributed by atoms with van der Waals surface area (Å²) in [4.78, 5) is 14.7. The molecule has 0 aliphatic carbocycles. The Kier molecular flexibility index (Phi) is 10.0. The van der Waals surface area contributed by atoms with Gasteiger partial charge in [-0.25, -0.2) is 0 Å². The summed E-state index contributed by atoms with van der Waals surface area (Å²) < 4.78 is 0. The number of nitrogens with zero attached hydrogens (tertiary/aromatic N) is 1. The van der Waals surface area contributed by atoms with E-state index in [1.807, 2.05) is 45.0 Å². The van der Waals surface area contributed by atoms with E-state index >= 15 is 0 Å². The maximum absolute atomic E-state index is 12.5. The third-order valence-corrected chi connectivity index (χ3v) is 4.74. The minimum atomic E-state index is -1.34. The van der Waals surface area contributed by atoms with Gasteiger partial charge in [-0.2, -0.15) is 29.8 Å². The molecule has 1 heterocycles. The molecule has 2 aromatic carbocycles. The number of rotatable bonds is 5. The Labute approximate surface area is 189 Å². The quantitative estimate of drug-likeness (QED) is 0.719. The number of β-amino-alcohol motifs (C(OH)–C–C–N with tert-alkyl or cyclic N) is 1. The van der Waals surface area contributed by atoms with Crippen molar-refractivity contribution in [1.29, 1.82) is 0 Å². The van der Waals surface area contributed by atoms with Crippen LogP contribution in [0.3, 0.4) is 0 Å². The average Bonchev–Trinajstić information content (AvgIpc) is 2.65. The van der Waals surface area contributed by atoms with Gasteiger partial charge in [0.15, 0.2) is 5.78 Å². The summed E-state index contributed by atoms with van der Waals surface area (Å²) in [5.41, 5.74) is 3.27. The van der Waals surface area contributed by atoms with E-state index in [1.54, 1.807) is 6.92 Å². The fourth-order valence-corrected chi connectivity index (χ4v) is 3.23. The summed E-state index contributed by atoms with van der Waals surface area (Å²) in [6.45, 7) is 9.64. The summed E-state index contributed by atoms with van der Waals surface area (Å²) in [5, 5.41) is 10.7. The molecule has 0 saturated heterocycles. The van der Waals surface area contributed by atoms with Crippen molar-refractivity contribution in [2.45, 2.75) is 52.7 Å². The minimum absolute atomic E-state index is 0. The third kappa shape index (κ3) is 6.91. The van der Waals surface area contributed by atoms with Gasteiger partial charge in [-0.1, -0.05) is 45.0 Å². The van der Waals surface area contributed by atoms with Crippen LogP contribution in [0, 0.1) is 13.0 Å². The van der Waals surface area contributed by atoms with Crippen LogP contribution in [0.1, 0.15) is 43.0 Å². The van der Waals surface area contributed by atoms with E-state index in [1.165, 1.54) is 11.1 Å². The Morgan fingerprint density at radius 1 is 1.19 bits per heavy atom. The number of carbonyl (C=O) groups is 1. The van der Waals surface area contributed by atoms with E-state index in [0.717, 1.165) is 30.6 Å². The van der Waals surface area contributed by atoms with Gasteiger partial charge in [0.05, 0.1) is 0 Å². The zero-order valence-corrected chi connectivity index (χ0v) is 19.8. The van der Waals surface area contributed by atoms with Gasteiger partial charge < -0.3 is 5.11 Å². The van der Waals surface area contributed by atoms with Gasteiger partial charge in [0.1, 0.15) is 5.60 Å². The van der Waals surface area contributed by atoms with Crippen molar-refractivity contribution in [3.05, 3.63) is 70.8 Å². The van der Waals surface area contributed by atoms with E-state index in [9.17, 15) is 9.90 Å². The first-order valence-corrected chi connectivity index (χ1v) is 9.46. The first-order chi connectivity index (χ1) is 12.4. The number of aliphatic hydroxyl groups is 1. The summed E-state index contributed by atoms with van der Waals surface area (Å²) in [7, 11) is 0. The maximum Gasteiger partial charge on any atom is 0.158 e. The second kappa shape index (κ2) is 11.2. The zero-order chi connectivity index (χ0) is 19.2. The predicted octanol–water partition coefficient (Wildman–Crippen LogP) is 3.74. The SMILES string of the molecule is CC.Cc1[c-]cc(CC(=O)[C@@](C)(O)CN2CCc3ccccc3C2)cc1.[Y]. The van der Waals surface area contributed by atoms with E-state index in [-0.39, 0.29) is 44.9 Å². The van der Waals surface area contributed by atoms with Crippen LogP contribution in [0.5, 0.6) is 0 Å². The smallest absolute Gasteiger partial charge is 0.158 e. The van der Waals surface area contributed by atoms with E-state index in [2.05, 4.69) is 29.2 Å². The number of carbonyl (C=O) groups excluding carboxylic acids is 1. The van der Waals surface area contributed by atoms with Gasteiger partial charge in [-0.15, -0.1) is 5.56 Å². The Hall–Kier alpha value is -0.866. The molecule has 0 unspecified atom stereocenters. The molecule has 1 aliphatic rings. The molecule has 1 radical (unpaired) electrons. The molecular weight excluding hydrogens is 411 g/mol. The van der Waals surface area contributed by atoms with Crippen LogP contribution in [0.4, 0.5) is 0 Å². The van der Waals surface area contributed by atoms with E-state index < -0.39 is 5.60 Å². The second-order valence-electron chi connectivity index (χ2n) is 6.98. The van der Waals surface area contributed by atoms with Gasteiger partial charge >= 0.3 is 0 Å². The molecule has 0 aromatic heterocycles. The van der Waals surface area contributed by atoms with Gasteiger partial charge in [-0.3, -0.25) is 9.69 Å². The molecule has 1 N–H and O–H groups in total. The Morgan fingerprint density at radius 2 is 1.85 bits per heavy atom. The Morgan fingerprint density at radius 3 is 2.48 bits per heavy atom. The van der Waals surface area contributed by atoms with Crippen molar-refractivity contribution in [3.63, 3.8) is 0 Å². The largest absolute Gasteiger partial charge is 0.381 e. The molecule has 3 nitrogen and oxygen atoms in total. The average molecular weight is 441 g/mol. The normalized spacial score (nSPS) is 15.4. The van der Waals surface area contributed by atoms with Crippen LogP contribution in [0.15, 0.2) is 42.5 Å². The van der Waals surface area contributed by atoms with E-state index in [0.29, 0.717) is 6.54 Å². The molecule has 1 aliphatic heterocycles.